The fourth-order valence-electron chi connectivity index (χ4n) is 2.95. The molecule has 1 atom stereocenters. The zero-order valence-corrected chi connectivity index (χ0v) is 12.3. The molecule has 0 aliphatic carbocycles. The van der Waals surface area contributed by atoms with Crippen LogP contribution in [0, 0.1) is 12.7 Å². The van der Waals surface area contributed by atoms with Crippen LogP contribution in [-0.2, 0) is 6.42 Å². The largest absolute Gasteiger partial charge is 0.305 e. The van der Waals surface area contributed by atoms with E-state index in [1.54, 1.807) is 11.0 Å². The van der Waals surface area contributed by atoms with E-state index in [4.69, 9.17) is 0 Å². The highest BCUT2D eigenvalue weighted by atomic mass is 19.1. The number of amides is 1. The second-order valence-corrected chi connectivity index (χ2v) is 5.65. The molecule has 0 bridgehead atoms. The molecule has 1 aliphatic heterocycles. The van der Waals surface area contributed by atoms with Crippen LogP contribution in [-0.4, -0.2) is 11.9 Å². The molecular formula is C18H18FNO. The van der Waals surface area contributed by atoms with Gasteiger partial charge < -0.3 is 4.90 Å². The smallest absolute Gasteiger partial charge is 0.258 e. The Morgan fingerprint density at radius 1 is 1.24 bits per heavy atom. The van der Waals surface area contributed by atoms with Crippen molar-refractivity contribution in [3.63, 3.8) is 0 Å². The first-order valence-corrected chi connectivity index (χ1v) is 7.25. The Balaban J connectivity index is 2.07. The Morgan fingerprint density at radius 2 is 2.00 bits per heavy atom. The number of para-hydroxylation sites is 1. The quantitative estimate of drug-likeness (QED) is 0.771. The minimum absolute atomic E-state index is 0.119. The molecule has 1 aliphatic rings. The summed E-state index contributed by atoms with van der Waals surface area (Å²) in [5.41, 5.74) is 3.37. The molecule has 108 valence electrons. The molecule has 1 heterocycles. The molecule has 3 heteroatoms. The zero-order chi connectivity index (χ0) is 15.0. The van der Waals surface area contributed by atoms with Gasteiger partial charge in [0.15, 0.2) is 0 Å². The SMILES string of the molecule is Cc1ccc(F)cc1C(=O)N1c2ccccc2CCC1C. The fourth-order valence-corrected chi connectivity index (χ4v) is 2.95. The fraction of sp³-hybridized carbons (Fsp3) is 0.278. The number of hydrogen-bond acceptors (Lipinski definition) is 1. The molecule has 3 rings (SSSR count). The highest BCUT2D eigenvalue weighted by molar-refractivity contribution is 6.08. The van der Waals surface area contributed by atoms with Crippen LogP contribution in [0.1, 0.15) is 34.8 Å². The van der Waals surface area contributed by atoms with Gasteiger partial charge in [-0.25, -0.2) is 4.39 Å². The van der Waals surface area contributed by atoms with E-state index in [2.05, 4.69) is 6.07 Å². The third-order valence-electron chi connectivity index (χ3n) is 4.17. The van der Waals surface area contributed by atoms with Crippen molar-refractivity contribution in [2.75, 3.05) is 4.90 Å². The van der Waals surface area contributed by atoms with Gasteiger partial charge in [-0.2, -0.15) is 0 Å². The van der Waals surface area contributed by atoms with Gasteiger partial charge in [0.05, 0.1) is 0 Å². The van der Waals surface area contributed by atoms with E-state index in [-0.39, 0.29) is 17.8 Å². The first kappa shape index (κ1) is 13.8. The first-order valence-electron chi connectivity index (χ1n) is 7.25. The van der Waals surface area contributed by atoms with Crippen LogP contribution in [0.15, 0.2) is 42.5 Å². The summed E-state index contributed by atoms with van der Waals surface area (Å²) >= 11 is 0. The third kappa shape index (κ3) is 2.44. The summed E-state index contributed by atoms with van der Waals surface area (Å²) in [6, 6.07) is 12.5. The molecule has 0 saturated heterocycles. The van der Waals surface area contributed by atoms with Gasteiger partial charge in [-0.3, -0.25) is 4.79 Å². The summed E-state index contributed by atoms with van der Waals surface area (Å²) < 4.78 is 13.5. The molecule has 1 amide bonds. The molecular weight excluding hydrogens is 265 g/mol. The van der Waals surface area contributed by atoms with Crippen LogP contribution in [0.4, 0.5) is 10.1 Å². The van der Waals surface area contributed by atoms with Crippen molar-refractivity contribution >= 4 is 11.6 Å². The monoisotopic (exact) mass is 283 g/mol. The van der Waals surface area contributed by atoms with Crippen molar-refractivity contribution in [1.29, 1.82) is 0 Å². The van der Waals surface area contributed by atoms with Crippen molar-refractivity contribution in [3.8, 4) is 0 Å². The topological polar surface area (TPSA) is 20.3 Å². The van der Waals surface area contributed by atoms with Gasteiger partial charge in [-0.1, -0.05) is 24.3 Å². The molecule has 0 radical (unpaired) electrons. The van der Waals surface area contributed by atoms with Gasteiger partial charge >= 0.3 is 0 Å². The van der Waals surface area contributed by atoms with E-state index in [9.17, 15) is 9.18 Å². The maximum Gasteiger partial charge on any atom is 0.258 e. The molecule has 0 spiro atoms. The van der Waals surface area contributed by atoms with E-state index < -0.39 is 0 Å². The second-order valence-electron chi connectivity index (χ2n) is 5.65. The van der Waals surface area contributed by atoms with Crippen LogP contribution in [0.2, 0.25) is 0 Å². The molecule has 2 nitrogen and oxygen atoms in total. The van der Waals surface area contributed by atoms with Crippen molar-refractivity contribution in [3.05, 3.63) is 65.0 Å². The highest BCUT2D eigenvalue weighted by Gasteiger charge is 2.29. The lowest BCUT2D eigenvalue weighted by Crippen LogP contribution is -2.42. The summed E-state index contributed by atoms with van der Waals surface area (Å²) in [5, 5.41) is 0. The van der Waals surface area contributed by atoms with E-state index in [0.717, 1.165) is 24.1 Å². The number of rotatable bonds is 1. The molecule has 21 heavy (non-hydrogen) atoms. The van der Waals surface area contributed by atoms with Gasteiger partial charge in [0.2, 0.25) is 0 Å². The Labute approximate surface area is 124 Å². The summed E-state index contributed by atoms with van der Waals surface area (Å²) in [5.74, 6) is -0.492. The van der Waals surface area contributed by atoms with Crippen LogP contribution in [0.5, 0.6) is 0 Å². The lowest BCUT2D eigenvalue weighted by molar-refractivity contribution is 0.0974. The lowest BCUT2D eigenvalue weighted by atomic mass is 9.95. The van der Waals surface area contributed by atoms with Crippen molar-refractivity contribution in [2.45, 2.75) is 32.7 Å². The van der Waals surface area contributed by atoms with Crippen LogP contribution >= 0.6 is 0 Å². The number of carbonyl (C=O) groups is 1. The van der Waals surface area contributed by atoms with Crippen molar-refractivity contribution < 1.29 is 9.18 Å². The molecule has 0 saturated carbocycles. The Bertz CT molecular complexity index is 695. The normalized spacial score (nSPS) is 17.5. The van der Waals surface area contributed by atoms with E-state index in [0.29, 0.717) is 5.56 Å². The molecule has 0 fully saturated rings. The van der Waals surface area contributed by atoms with E-state index >= 15 is 0 Å². The molecule has 2 aromatic rings. The predicted molar refractivity (Wildman–Crippen MR) is 82.2 cm³/mol. The number of carbonyl (C=O) groups excluding carboxylic acids is 1. The number of hydrogen-bond donors (Lipinski definition) is 0. The highest BCUT2D eigenvalue weighted by Crippen LogP contribution is 2.32. The third-order valence-corrected chi connectivity index (χ3v) is 4.17. The Morgan fingerprint density at radius 3 is 2.81 bits per heavy atom. The minimum Gasteiger partial charge on any atom is -0.305 e. The number of aryl methyl sites for hydroxylation is 2. The summed E-state index contributed by atoms with van der Waals surface area (Å²) in [6.45, 7) is 3.88. The maximum atomic E-state index is 13.5. The molecule has 2 aromatic carbocycles. The minimum atomic E-state index is -0.373. The first-order chi connectivity index (χ1) is 10.1. The van der Waals surface area contributed by atoms with E-state index in [1.165, 1.54) is 17.7 Å². The number of anilines is 1. The van der Waals surface area contributed by atoms with E-state index in [1.807, 2.05) is 32.0 Å². The van der Waals surface area contributed by atoms with Gasteiger partial charge in [0.1, 0.15) is 5.82 Å². The van der Waals surface area contributed by atoms with Crippen molar-refractivity contribution in [1.82, 2.24) is 0 Å². The number of benzene rings is 2. The van der Waals surface area contributed by atoms with Gasteiger partial charge in [0.25, 0.3) is 5.91 Å². The van der Waals surface area contributed by atoms with Crippen LogP contribution in [0.3, 0.4) is 0 Å². The van der Waals surface area contributed by atoms with Gasteiger partial charge in [-0.05, 0) is 56.0 Å². The number of fused-ring (bicyclic) bond motifs is 1. The zero-order valence-electron chi connectivity index (χ0n) is 12.3. The van der Waals surface area contributed by atoms with Crippen LogP contribution in [0.25, 0.3) is 0 Å². The average Bonchev–Trinajstić information content (AvgIpc) is 2.49. The maximum absolute atomic E-state index is 13.5. The van der Waals surface area contributed by atoms with Gasteiger partial charge in [-0.15, -0.1) is 0 Å². The number of halogens is 1. The second kappa shape index (κ2) is 5.32. The Kier molecular flexibility index (Phi) is 3.50. The summed E-state index contributed by atoms with van der Waals surface area (Å²) in [7, 11) is 0. The average molecular weight is 283 g/mol. The lowest BCUT2D eigenvalue weighted by Gasteiger charge is -2.35. The summed E-state index contributed by atoms with van der Waals surface area (Å²) in [4.78, 5) is 14.7. The molecule has 1 unspecified atom stereocenters. The van der Waals surface area contributed by atoms with Crippen LogP contribution < -0.4 is 4.90 Å². The number of nitrogens with zero attached hydrogens (tertiary/aromatic N) is 1. The van der Waals surface area contributed by atoms with Crippen molar-refractivity contribution in [2.24, 2.45) is 0 Å². The molecule has 0 N–H and O–H groups in total. The molecule has 0 aromatic heterocycles. The Hall–Kier alpha value is -2.16. The predicted octanol–water partition coefficient (Wildman–Crippen LogP) is 4.12. The summed E-state index contributed by atoms with van der Waals surface area (Å²) in [6.07, 6.45) is 1.90. The standard InChI is InChI=1S/C18H18FNO/c1-12-7-10-15(19)11-16(12)18(21)20-13(2)8-9-14-5-3-4-6-17(14)20/h3-7,10-11,13H,8-9H2,1-2H3. The van der Waals surface area contributed by atoms with Gasteiger partial charge in [0, 0.05) is 17.3 Å².